The Bertz CT molecular complexity index is 585. The summed E-state index contributed by atoms with van der Waals surface area (Å²) >= 11 is 0. The first-order valence-corrected chi connectivity index (χ1v) is 9.83. The molecule has 0 aliphatic heterocycles. The van der Waals surface area contributed by atoms with E-state index in [-0.39, 0.29) is 17.0 Å². The Balaban J connectivity index is 2.31. The highest BCUT2D eigenvalue weighted by atomic mass is 16.3. The minimum Gasteiger partial charge on any atom is -0.321 e. The lowest BCUT2D eigenvalue weighted by molar-refractivity contribution is 0.0458. The van der Waals surface area contributed by atoms with Gasteiger partial charge in [0.05, 0.1) is 6.04 Å². The van der Waals surface area contributed by atoms with E-state index in [0.29, 0.717) is 18.3 Å². The van der Waals surface area contributed by atoms with Crippen LogP contribution < -0.4 is 5.73 Å². The molecule has 2 N–H and O–H groups in total. The molecule has 3 nitrogen and oxygen atoms in total. The Morgan fingerprint density at radius 1 is 1.24 bits per heavy atom. The molecule has 1 unspecified atom stereocenters. The van der Waals surface area contributed by atoms with Crippen LogP contribution in [0.2, 0.25) is 0 Å². The van der Waals surface area contributed by atoms with Gasteiger partial charge in [-0.05, 0) is 68.3 Å². The van der Waals surface area contributed by atoms with Crippen LogP contribution in [0.3, 0.4) is 0 Å². The second kappa shape index (κ2) is 7.57. The molecule has 0 aromatic rings. The molecular weight excluding hydrogens is 308 g/mol. The summed E-state index contributed by atoms with van der Waals surface area (Å²) in [6.07, 6.45) is 10.2. The molecule has 0 amide bonds. The lowest BCUT2D eigenvalue weighted by atomic mass is 9.54. The Labute approximate surface area is 153 Å². The maximum absolute atomic E-state index is 10.9. The SMILES string of the molecule is C=C1CC[C@H](N=O)C/C1=C/C=C1\CCC[C@](C)(C(C)C(C)C)[C@]1(C)N. The number of nitrogens with zero attached hydrogens (tertiary/aromatic N) is 1. The van der Waals surface area contributed by atoms with E-state index in [9.17, 15) is 4.91 Å². The molecule has 0 heterocycles. The molecule has 0 bridgehead atoms. The van der Waals surface area contributed by atoms with Gasteiger partial charge in [0.25, 0.3) is 0 Å². The van der Waals surface area contributed by atoms with Gasteiger partial charge in [-0.2, -0.15) is 4.91 Å². The van der Waals surface area contributed by atoms with Crippen LogP contribution in [-0.2, 0) is 0 Å². The fourth-order valence-electron chi connectivity index (χ4n) is 4.70. The van der Waals surface area contributed by atoms with Crippen molar-refractivity contribution in [3.05, 3.63) is 40.4 Å². The zero-order valence-electron chi connectivity index (χ0n) is 16.8. The number of nitroso groups, excluding NO2 is 1. The van der Waals surface area contributed by atoms with E-state index in [1.165, 1.54) is 24.0 Å². The minimum atomic E-state index is -0.315. The molecule has 3 heteroatoms. The van der Waals surface area contributed by atoms with Crippen LogP contribution in [0.15, 0.2) is 40.6 Å². The molecule has 2 saturated carbocycles. The van der Waals surface area contributed by atoms with Crippen LogP contribution in [0.25, 0.3) is 0 Å². The van der Waals surface area contributed by atoms with E-state index >= 15 is 0 Å². The smallest absolute Gasteiger partial charge is 0.0963 e. The van der Waals surface area contributed by atoms with Gasteiger partial charge in [-0.1, -0.05) is 62.7 Å². The van der Waals surface area contributed by atoms with E-state index in [2.05, 4.69) is 58.5 Å². The number of hydrogen-bond acceptors (Lipinski definition) is 3. The van der Waals surface area contributed by atoms with Gasteiger partial charge in [0.2, 0.25) is 0 Å². The highest BCUT2D eigenvalue weighted by molar-refractivity contribution is 5.38. The van der Waals surface area contributed by atoms with Crippen molar-refractivity contribution >= 4 is 0 Å². The van der Waals surface area contributed by atoms with Crippen LogP contribution in [0, 0.1) is 22.2 Å². The fourth-order valence-corrected chi connectivity index (χ4v) is 4.70. The van der Waals surface area contributed by atoms with Gasteiger partial charge in [-0.25, -0.2) is 0 Å². The molecule has 2 aliphatic rings. The third-order valence-electron chi connectivity index (χ3n) is 7.32. The van der Waals surface area contributed by atoms with Crippen LogP contribution >= 0.6 is 0 Å². The number of rotatable bonds is 4. The van der Waals surface area contributed by atoms with Gasteiger partial charge in [0.15, 0.2) is 0 Å². The topological polar surface area (TPSA) is 55.5 Å². The first-order chi connectivity index (χ1) is 11.6. The summed E-state index contributed by atoms with van der Waals surface area (Å²) in [6.45, 7) is 15.7. The largest absolute Gasteiger partial charge is 0.321 e. The van der Waals surface area contributed by atoms with E-state index < -0.39 is 0 Å². The molecule has 4 atom stereocenters. The lowest BCUT2D eigenvalue weighted by Crippen LogP contribution is -2.58. The van der Waals surface area contributed by atoms with Crippen molar-refractivity contribution in [2.75, 3.05) is 0 Å². The Morgan fingerprint density at radius 2 is 1.92 bits per heavy atom. The predicted octanol–water partition coefficient (Wildman–Crippen LogP) is 5.91. The number of allylic oxidation sites excluding steroid dienone is 3. The van der Waals surface area contributed by atoms with Gasteiger partial charge >= 0.3 is 0 Å². The van der Waals surface area contributed by atoms with Crippen molar-refractivity contribution in [3.63, 3.8) is 0 Å². The Kier molecular flexibility index (Phi) is 6.09. The monoisotopic (exact) mass is 344 g/mol. The first-order valence-electron chi connectivity index (χ1n) is 9.83. The molecule has 2 fully saturated rings. The quantitative estimate of drug-likeness (QED) is 0.644. The summed E-state index contributed by atoms with van der Waals surface area (Å²) in [5, 5.41) is 3.24. The standard InChI is InChI=1S/C22H36N2O/c1-15(2)17(4)21(5)13-7-8-19(22(21,6)23)11-10-18-14-20(24-25)12-9-16(18)3/h10-11,15,17,20H,3,7-9,12-14,23H2,1-2,4-6H3/b18-10-,19-11+/t17?,20-,21+,22+/m0/s1. The normalized spacial score (nSPS) is 38.4. The van der Waals surface area contributed by atoms with Gasteiger partial charge < -0.3 is 5.73 Å². The summed E-state index contributed by atoms with van der Waals surface area (Å²) in [4.78, 5) is 10.9. The van der Waals surface area contributed by atoms with Crippen LogP contribution in [0.4, 0.5) is 0 Å². The van der Waals surface area contributed by atoms with Crippen LogP contribution in [0.5, 0.6) is 0 Å². The van der Waals surface area contributed by atoms with Gasteiger partial charge in [-0.3, -0.25) is 0 Å². The van der Waals surface area contributed by atoms with E-state index in [1.807, 2.05) is 0 Å². The van der Waals surface area contributed by atoms with E-state index in [4.69, 9.17) is 5.73 Å². The number of hydrogen-bond donors (Lipinski definition) is 1. The lowest BCUT2D eigenvalue weighted by Gasteiger charge is -2.54. The first kappa shape index (κ1) is 20.1. The summed E-state index contributed by atoms with van der Waals surface area (Å²) in [7, 11) is 0. The summed E-state index contributed by atoms with van der Waals surface area (Å²) in [6, 6.07) is -0.100. The van der Waals surface area contributed by atoms with Gasteiger partial charge in [0.1, 0.15) is 0 Å². The third-order valence-corrected chi connectivity index (χ3v) is 7.32. The van der Waals surface area contributed by atoms with Crippen molar-refractivity contribution in [2.45, 2.75) is 84.7 Å². The Hall–Kier alpha value is -1.22. The second-order valence-corrected chi connectivity index (χ2v) is 9.00. The maximum atomic E-state index is 10.9. The average molecular weight is 345 g/mol. The van der Waals surface area contributed by atoms with Crippen LogP contribution in [-0.4, -0.2) is 11.6 Å². The molecule has 0 aromatic heterocycles. The summed E-state index contributed by atoms with van der Waals surface area (Å²) in [5.41, 5.74) is 10.4. The molecule has 2 aliphatic carbocycles. The molecule has 0 aromatic carbocycles. The summed E-state index contributed by atoms with van der Waals surface area (Å²) < 4.78 is 0. The van der Waals surface area contributed by atoms with Crippen molar-refractivity contribution < 1.29 is 0 Å². The van der Waals surface area contributed by atoms with Crippen molar-refractivity contribution in [2.24, 2.45) is 28.2 Å². The summed E-state index contributed by atoms with van der Waals surface area (Å²) in [5.74, 6) is 1.18. The molecule has 140 valence electrons. The highest BCUT2D eigenvalue weighted by Crippen LogP contribution is 2.52. The molecule has 0 spiro atoms. The average Bonchev–Trinajstić information content (AvgIpc) is 2.56. The van der Waals surface area contributed by atoms with Crippen molar-refractivity contribution in [1.29, 1.82) is 0 Å². The molecule has 0 saturated heterocycles. The predicted molar refractivity (Wildman–Crippen MR) is 107 cm³/mol. The van der Waals surface area contributed by atoms with Gasteiger partial charge in [-0.15, -0.1) is 0 Å². The zero-order valence-corrected chi connectivity index (χ0v) is 16.8. The molecular formula is C22H36N2O. The molecule has 2 rings (SSSR count). The molecule has 0 radical (unpaired) electrons. The fraction of sp³-hybridized carbons (Fsp3) is 0.727. The van der Waals surface area contributed by atoms with Crippen molar-refractivity contribution in [3.8, 4) is 0 Å². The zero-order chi connectivity index (χ0) is 18.8. The van der Waals surface area contributed by atoms with Crippen molar-refractivity contribution in [1.82, 2.24) is 0 Å². The highest BCUT2D eigenvalue weighted by Gasteiger charge is 2.49. The Morgan fingerprint density at radius 3 is 2.52 bits per heavy atom. The van der Waals surface area contributed by atoms with E-state index in [1.54, 1.807) is 0 Å². The van der Waals surface area contributed by atoms with Gasteiger partial charge in [0, 0.05) is 5.54 Å². The third kappa shape index (κ3) is 3.81. The minimum absolute atomic E-state index is 0.0974. The maximum Gasteiger partial charge on any atom is 0.0963 e. The molecule has 25 heavy (non-hydrogen) atoms. The second-order valence-electron chi connectivity index (χ2n) is 9.00. The van der Waals surface area contributed by atoms with Crippen LogP contribution in [0.1, 0.15) is 73.1 Å². The van der Waals surface area contributed by atoms with E-state index in [0.717, 1.165) is 24.8 Å². The number of nitrogens with two attached hydrogens (primary N) is 1.